The lowest BCUT2D eigenvalue weighted by Gasteiger charge is -2.28. The van der Waals surface area contributed by atoms with Crippen LogP contribution in [0.4, 0.5) is 5.69 Å². The van der Waals surface area contributed by atoms with Crippen molar-refractivity contribution in [3.8, 4) is 0 Å². The van der Waals surface area contributed by atoms with Crippen LogP contribution in [0.2, 0.25) is 5.02 Å². The summed E-state index contributed by atoms with van der Waals surface area (Å²) in [6.45, 7) is 2.15. The molecule has 0 aliphatic carbocycles. The molecule has 2 saturated heterocycles. The zero-order valence-electron chi connectivity index (χ0n) is 20.3. The fraction of sp³-hybridized carbons (Fsp3) is 0.385. The van der Waals surface area contributed by atoms with E-state index in [1.165, 1.54) is 23.1 Å². The molecule has 3 amide bonds. The van der Waals surface area contributed by atoms with E-state index >= 15 is 0 Å². The minimum absolute atomic E-state index is 0.0253. The first-order valence-electron chi connectivity index (χ1n) is 12.0. The Bertz CT molecular complexity index is 1180. The summed E-state index contributed by atoms with van der Waals surface area (Å²) in [5.74, 6) is -1.74. The molecular formula is C26H29ClN4O6. The maximum atomic E-state index is 13.1. The number of likely N-dealkylation sites (tertiary alicyclic amines) is 1. The second-order valence-electron chi connectivity index (χ2n) is 9.10. The van der Waals surface area contributed by atoms with Gasteiger partial charge in [-0.1, -0.05) is 41.9 Å². The highest BCUT2D eigenvalue weighted by Crippen LogP contribution is 2.23. The molecule has 2 aromatic carbocycles. The van der Waals surface area contributed by atoms with Gasteiger partial charge in [0.25, 0.3) is 5.91 Å². The number of hydrogen-bond acceptors (Lipinski definition) is 7. The van der Waals surface area contributed by atoms with E-state index in [-0.39, 0.29) is 29.5 Å². The largest absolute Gasteiger partial charge is 0.433 e. The first-order valence-corrected chi connectivity index (χ1v) is 12.4. The van der Waals surface area contributed by atoms with Gasteiger partial charge in [-0.3, -0.25) is 19.2 Å². The Balaban J connectivity index is 1.34. The van der Waals surface area contributed by atoms with E-state index in [0.717, 1.165) is 5.56 Å². The van der Waals surface area contributed by atoms with E-state index in [9.17, 15) is 19.2 Å². The van der Waals surface area contributed by atoms with E-state index in [1.54, 1.807) is 6.92 Å². The second kappa shape index (κ2) is 11.6. The number of esters is 1. The molecular weight excluding hydrogens is 500 g/mol. The van der Waals surface area contributed by atoms with Crippen LogP contribution >= 0.6 is 11.6 Å². The molecule has 4 rings (SSSR count). The highest BCUT2D eigenvalue weighted by molar-refractivity contribution is 6.33. The van der Waals surface area contributed by atoms with E-state index < -0.39 is 42.2 Å². The minimum atomic E-state index is -0.924. The number of hydrogen-bond donors (Lipinski definition) is 3. The van der Waals surface area contributed by atoms with Gasteiger partial charge in [-0.25, -0.2) is 0 Å². The predicted molar refractivity (Wildman–Crippen MR) is 135 cm³/mol. The molecule has 2 aliphatic heterocycles. The van der Waals surface area contributed by atoms with Gasteiger partial charge >= 0.3 is 5.97 Å². The van der Waals surface area contributed by atoms with Gasteiger partial charge in [0, 0.05) is 12.1 Å². The van der Waals surface area contributed by atoms with Crippen molar-refractivity contribution in [2.45, 2.75) is 57.2 Å². The van der Waals surface area contributed by atoms with Gasteiger partial charge in [0.05, 0.1) is 23.7 Å². The summed E-state index contributed by atoms with van der Waals surface area (Å²) in [7, 11) is 0. The lowest BCUT2D eigenvalue weighted by molar-refractivity contribution is -0.168. The number of carbonyl (C=O) groups excluding carboxylic acids is 4. The maximum Gasteiger partial charge on any atom is 0.310 e. The summed E-state index contributed by atoms with van der Waals surface area (Å²) >= 11 is 5.99. The van der Waals surface area contributed by atoms with E-state index in [1.807, 2.05) is 30.3 Å². The van der Waals surface area contributed by atoms with Crippen LogP contribution in [-0.4, -0.2) is 59.6 Å². The molecule has 4 N–H and O–H groups in total. The molecule has 0 radical (unpaired) electrons. The number of nitrogens with zero attached hydrogens (tertiary/aromatic N) is 1. The summed E-state index contributed by atoms with van der Waals surface area (Å²) in [5, 5.41) is 5.71. The second-order valence-corrected chi connectivity index (χ2v) is 9.50. The van der Waals surface area contributed by atoms with Crippen molar-refractivity contribution in [1.29, 1.82) is 0 Å². The number of carbonyl (C=O) groups is 4. The SMILES string of the molecule is C[C@H](NC(=O)c1ccc(N)c(Cl)c1)C(=O)N1CCC[C@@H]1C(=O)N[C@H]1CC(=O)OC1OCc1ccccc1. The van der Waals surface area contributed by atoms with Crippen molar-refractivity contribution in [3.63, 3.8) is 0 Å². The van der Waals surface area contributed by atoms with Crippen LogP contribution in [0.15, 0.2) is 48.5 Å². The summed E-state index contributed by atoms with van der Waals surface area (Å²) < 4.78 is 11.0. The number of ether oxygens (including phenoxy) is 2. The van der Waals surface area contributed by atoms with E-state index in [2.05, 4.69) is 10.6 Å². The van der Waals surface area contributed by atoms with Crippen LogP contribution < -0.4 is 16.4 Å². The number of cyclic esters (lactones) is 1. The molecule has 10 nitrogen and oxygen atoms in total. The van der Waals surface area contributed by atoms with Crippen molar-refractivity contribution in [3.05, 3.63) is 64.7 Å². The van der Waals surface area contributed by atoms with Gasteiger partial charge in [-0.2, -0.15) is 0 Å². The number of halogens is 1. The van der Waals surface area contributed by atoms with Gasteiger partial charge < -0.3 is 30.7 Å². The standard InChI is InChI=1S/C26H29ClN4O6/c1-15(29-23(33)17-9-10-19(28)18(27)12-17)25(35)31-11-5-8-21(31)24(34)30-20-13-22(32)37-26(20)36-14-16-6-3-2-4-7-16/h2-4,6-7,9-10,12,15,20-21,26H,5,8,11,13-14,28H2,1H3,(H,29,33)(H,30,34)/t15-,20-,21+,26?/m0/s1. The van der Waals surface area contributed by atoms with Crippen LogP contribution in [0.3, 0.4) is 0 Å². The Hall–Kier alpha value is -3.63. The number of nitrogens with one attached hydrogen (secondary N) is 2. The van der Waals surface area contributed by atoms with Gasteiger partial charge in [-0.15, -0.1) is 0 Å². The summed E-state index contributed by atoms with van der Waals surface area (Å²) in [5.41, 5.74) is 7.20. The molecule has 0 saturated carbocycles. The molecule has 2 aliphatic rings. The number of nitrogens with two attached hydrogens (primary N) is 1. The third-order valence-corrected chi connectivity index (χ3v) is 6.69. The number of benzene rings is 2. The monoisotopic (exact) mass is 528 g/mol. The average molecular weight is 529 g/mol. The van der Waals surface area contributed by atoms with Crippen molar-refractivity contribution < 1.29 is 28.7 Å². The number of amides is 3. The summed E-state index contributed by atoms with van der Waals surface area (Å²) in [4.78, 5) is 52.3. The lowest BCUT2D eigenvalue weighted by atomic mass is 10.1. The smallest absolute Gasteiger partial charge is 0.310 e. The van der Waals surface area contributed by atoms with Gasteiger partial charge in [0.15, 0.2) is 0 Å². The van der Waals surface area contributed by atoms with Gasteiger partial charge in [0.2, 0.25) is 18.1 Å². The van der Waals surface area contributed by atoms with Crippen LogP contribution in [0.5, 0.6) is 0 Å². The third-order valence-electron chi connectivity index (χ3n) is 6.37. The molecule has 2 aromatic rings. The molecule has 0 spiro atoms. The Kier molecular flexibility index (Phi) is 8.30. The van der Waals surface area contributed by atoms with Crippen LogP contribution in [0.25, 0.3) is 0 Å². The number of rotatable bonds is 8. The molecule has 2 fully saturated rings. The fourth-order valence-corrected chi connectivity index (χ4v) is 4.58. The Morgan fingerprint density at radius 3 is 2.70 bits per heavy atom. The third kappa shape index (κ3) is 6.39. The number of nitrogen functional groups attached to an aromatic ring is 1. The van der Waals surface area contributed by atoms with E-state index in [0.29, 0.717) is 25.1 Å². The molecule has 4 atom stereocenters. The van der Waals surface area contributed by atoms with Gasteiger partial charge in [-0.05, 0) is 43.5 Å². The molecule has 11 heteroatoms. The first-order chi connectivity index (χ1) is 17.7. The Morgan fingerprint density at radius 1 is 1.22 bits per heavy atom. The quantitative estimate of drug-likeness (QED) is 0.351. The first kappa shape index (κ1) is 26.4. The van der Waals surface area contributed by atoms with Crippen molar-refractivity contribution in [2.24, 2.45) is 0 Å². The normalized spacial score (nSPS) is 21.8. The molecule has 0 bridgehead atoms. The summed E-state index contributed by atoms with van der Waals surface area (Å²) in [6.07, 6.45) is 0.143. The average Bonchev–Trinajstić information content (AvgIpc) is 3.51. The van der Waals surface area contributed by atoms with Crippen molar-refractivity contribution in [2.75, 3.05) is 12.3 Å². The maximum absolute atomic E-state index is 13.1. The van der Waals surface area contributed by atoms with Crippen LogP contribution in [-0.2, 0) is 30.5 Å². The van der Waals surface area contributed by atoms with Crippen molar-refractivity contribution in [1.82, 2.24) is 15.5 Å². The molecule has 37 heavy (non-hydrogen) atoms. The van der Waals surface area contributed by atoms with Gasteiger partial charge in [0.1, 0.15) is 18.1 Å². The molecule has 1 unspecified atom stereocenters. The lowest BCUT2D eigenvalue weighted by Crippen LogP contribution is -2.54. The predicted octanol–water partition coefficient (Wildman–Crippen LogP) is 2.01. The zero-order valence-corrected chi connectivity index (χ0v) is 21.1. The Morgan fingerprint density at radius 2 is 1.97 bits per heavy atom. The molecule has 2 heterocycles. The molecule has 0 aromatic heterocycles. The van der Waals surface area contributed by atoms with E-state index in [4.69, 9.17) is 26.8 Å². The fourth-order valence-electron chi connectivity index (χ4n) is 4.40. The van der Waals surface area contributed by atoms with Crippen LogP contribution in [0, 0.1) is 0 Å². The highest BCUT2D eigenvalue weighted by Gasteiger charge is 2.41. The topological polar surface area (TPSA) is 140 Å². The van der Waals surface area contributed by atoms with Crippen molar-refractivity contribution >= 4 is 41.0 Å². The highest BCUT2D eigenvalue weighted by atomic mass is 35.5. The zero-order chi connectivity index (χ0) is 26.5. The molecule has 196 valence electrons. The number of anilines is 1. The Labute approximate surface area is 219 Å². The summed E-state index contributed by atoms with van der Waals surface area (Å²) in [6, 6.07) is 11.6. The van der Waals surface area contributed by atoms with Crippen LogP contribution in [0.1, 0.15) is 42.1 Å². The minimum Gasteiger partial charge on any atom is -0.433 e.